The van der Waals surface area contributed by atoms with Crippen molar-refractivity contribution in [3.05, 3.63) is 28.8 Å². The Morgan fingerprint density at radius 2 is 2.07 bits per heavy atom. The standard InChI is InChI=1S/C16H17F3N2O5S/c1-21-13(22)15(25-2)14(26-15,8-20-21)10-5-6-11(16(17,18)19)12-9(10)4-3-7-27(12,23)24/h5-6,8,23-24H,3-4,7H2,1-2H3. The number of benzene rings is 1. The molecule has 0 aliphatic carbocycles. The van der Waals surface area contributed by atoms with Crippen molar-refractivity contribution in [3.63, 3.8) is 0 Å². The van der Waals surface area contributed by atoms with E-state index < -0.39 is 44.5 Å². The lowest BCUT2D eigenvalue weighted by atomic mass is 9.86. The molecule has 2 N–H and O–H groups in total. The summed E-state index contributed by atoms with van der Waals surface area (Å²) in [6.45, 7) is 0. The first-order chi connectivity index (χ1) is 12.5. The van der Waals surface area contributed by atoms with Gasteiger partial charge in [0.15, 0.2) is 5.60 Å². The number of hydrazone groups is 1. The van der Waals surface area contributed by atoms with Gasteiger partial charge in [0, 0.05) is 25.5 Å². The molecule has 148 valence electrons. The summed E-state index contributed by atoms with van der Waals surface area (Å²) in [4.78, 5) is 12.0. The van der Waals surface area contributed by atoms with Crippen LogP contribution in [-0.2, 0) is 32.5 Å². The maximum atomic E-state index is 13.5. The predicted molar refractivity (Wildman–Crippen MR) is 89.5 cm³/mol. The van der Waals surface area contributed by atoms with Gasteiger partial charge in [-0.05, 0) is 24.5 Å². The minimum atomic E-state index is -4.75. The molecule has 11 heteroatoms. The minimum Gasteiger partial charge on any atom is -0.343 e. The van der Waals surface area contributed by atoms with Gasteiger partial charge in [-0.25, -0.2) is 5.01 Å². The van der Waals surface area contributed by atoms with E-state index in [1.165, 1.54) is 26.4 Å². The maximum Gasteiger partial charge on any atom is 0.418 e. The molecule has 0 bridgehead atoms. The molecule has 1 amide bonds. The molecule has 3 aliphatic rings. The molecule has 1 saturated heterocycles. The number of epoxide rings is 1. The van der Waals surface area contributed by atoms with E-state index in [4.69, 9.17) is 9.47 Å². The van der Waals surface area contributed by atoms with Gasteiger partial charge < -0.3 is 9.47 Å². The monoisotopic (exact) mass is 406 g/mol. The Hall–Kier alpha value is -1.66. The number of likely N-dealkylation sites (N-methyl/N-ethyl adjacent to an activating group) is 1. The highest BCUT2D eigenvalue weighted by molar-refractivity contribution is 8.24. The van der Waals surface area contributed by atoms with E-state index in [2.05, 4.69) is 5.10 Å². The van der Waals surface area contributed by atoms with Gasteiger partial charge >= 0.3 is 12.1 Å². The summed E-state index contributed by atoms with van der Waals surface area (Å²) in [6.07, 6.45) is -2.96. The Morgan fingerprint density at radius 1 is 1.37 bits per heavy atom. The topological polar surface area (TPSA) is 94.9 Å². The zero-order chi connectivity index (χ0) is 19.8. The number of methoxy groups -OCH3 is 1. The van der Waals surface area contributed by atoms with E-state index in [0.717, 1.165) is 11.1 Å². The summed E-state index contributed by atoms with van der Waals surface area (Å²) in [6, 6.07) is 2.00. The smallest absolute Gasteiger partial charge is 0.343 e. The van der Waals surface area contributed by atoms with Crippen molar-refractivity contribution in [2.75, 3.05) is 19.9 Å². The summed E-state index contributed by atoms with van der Waals surface area (Å²) < 4.78 is 72.2. The van der Waals surface area contributed by atoms with Gasteiger partial charge in [0.05, 0.1) is 16.7 Å². The minimum absolute atomic E-state index is 0.124. The van der Waals surface area contributed by atoms with E-state index in [0.29, 0.717) is 6.42 Å². The average Bonchev–Trinajstić information content (AvgIpc) is 3.28. The van der Waals surface area contributed by atoms with E-state index >= 15 is 0 Å². The van der Waals surface area contributed by atoms with E-state index in [9.17, 15) is 27.1 Å². The summed E-state index contributed by atoms with van der Waals surface area (Å²) in [5.74, 6) is -2.47. The fourth-order valence-electron chi connectivity index (χ4n) is 3.90. The molecule has 0 aromatic heterocycles. The highest BCUT2D eigenvalue weighted by Gasteiger charge is 2.79. The number of carbonyl (C=O) groups is 1. The third kappa shape index (κ3) is 2.32. The molecule has 2 unspecified atom stereocenters. The molecule has 0 saturated carbocycles. The van der Waals surface area contributed by atoms with Gasteiger partial charge in [-0.2, -0.15) is 28.9 Å². The van der Waals surface area contributed by atoms with Crippen LogP contribution in [0.2, 0.25) is 0 Å². The molecule has 3 aliphatic heterocycles. The van der Waals surface area contributed by atoms with Gasteiger partial charge in [0.1, 0.15) is 0 Å². The molecule has 1 aromatic rings. The summed E-state index contributed by atoms with van der Waals surface area (Å²) in [5.41, 5.74) is -2.22. The van der Waals surface area contributed by atoms with Crippen LogP contribution in [0.5, 0.6) is 0 Å². The van der Waals surface area contributed by atoms with Crippen molar-refractivity contribution < 1.29 is 36.5 Å². The molecule has 1 aromatic carbocycles. The Balaban J connectivity index is 1.97. The molecule has 2 atom stereocenters. The molecule has 4 rings (SSSR count). The van der Waals surface area contributed by atoms with Crippen LogP contribution in [0.25, 0.3) is 0 Å². The summed E-state index contributed by atoms with van der Waals surface area (Å²) in [5, 5.41) is 4.97. The molecule has 0 spiro atoms. The van der Waals surface area contributed by atoms with Crippen molar-refractivity contribution >= 4 is 22.7 Å². The van der Waals surface area contributed by atoms with Gasteiger partial charge in [-0.3, -0.25) is 13.9 Å². The lowest BCUT2D eigenvalue weighted by molar-refractivity contribution is -0.153. The zero-order valence-corrected chi connectivity index (χ0v) is 15.2. The van der Waals surface area contributed by atoms with E-state index in [-0.39, 0.29) is 23.3 Å². The molecule has 0 radical (unpaired) electrons. The average molecular weight is 406 g/mol. The number of hydrogen-bond donors (Lipinski definition) is 2. The first kappa shape index (κ1) is 18.7. The normalized spacial score (nSPS) is 32.7. The lowest BCUT2D eigenvalue weighted by Crippen LogP contribution is -2.47. The maximum absolute atomic E-state index is 13.5. The SMILES string of the molecule is COC12OC1(c1ccc(C(F)(F)F)c3c1CCCS3(O)O)C=NN(C)C2=O. The van der Waals surface area contributed by atoms with Gasteiger partial charge in [0.2, 0.25) is 0 Å². The highest BCUT2D eigenvalue weighted by atomic mass is 32.3. The van der Waals surface area contributed by atoms with Crippen LogP contribution in [0.1, 0.15) is 23.1 Å². The van der Waals surface area contributed by atoms with Crippen LogP contribution in [0.15, 0.2) is 22.1 Å². The van der Waals surface area contributed by atoms with Crippen LogP contribution >= 0.6 is 10.6 Å². The molecular weight excluding hydrogens is 389 g/mol. The first-order valence-electron chi connectivity index (χ1n) is 8.08. The number of amides is 1. The molecule has 27 heavy (non-hydrogen) atoms. The quantitative estimate of drug-likeness (QED) is 0.737. The van der Waals surface area contributed by atoms with Crippen LogP contribution < -0.4 is 0 Å². The number of rotatable bonds is 2. The van der Waals surface area contributed by atoms with Crippen LogP contribution in [-0.4, -0.2) is 51.9 Å². The largest absolute Gasteiger partial charge is 0.418 e. The van der Waals surface area contributed by atoms with Crippen molar-refractivity contribution in [2.45, 2.75) is 35.3 Å². The molecular formula is C16H17F3N2O5S. The number of ether oxygens (including phenoxy) is 2. The van der Waals surface area contributed by atoms with Crippen LogP contribution in [0, 0.1) is 0 Å². The fourth-order valence-corrected chi connectivity index (χ4v) is 5.80. The number of alkyl halides is 3. The van der Waals surface area contributed by atoms with Gasteiger partial charge in [-0.1, -0.05) is 6.07 Å². The van der Waals surface area contributed by atoms with Crippen molar-refractivity contribution in [2.24, 2.45) is 5.10 Å². The Morgan fingerprint density at radius 3 is 2.70 bits per heavy atom. The third-order valence-electron chi connectivity index (χ3n) is 5.18. The van der Waals surface area contributed by atoms with Crippen molar-refractivity contribution in [1.29, 1.82) is 0 Å². The second-order valence-corrected chi connectivity index (χ2v) is 8.82. The van der Waals surface area contributed by atoms with Gasteiger partial charge in [0.25, 0.3) is 5.79 Å². The number of carbonyl (C=O) groups excluding carboxylic acids is 1. The van der Waals surface area contributed by atoms with Crippen LogP contribution in [0.3, 0.4) is 0 Å². The second-order valence-electron chi connectivity index (χ2n) is 6.67. The molecule has 1 fully saturated rings. The number of nitrogens with zero attached hydrogens (tertiary/aromatic N) is 2. The third-order valence-corrected chi connectivity index (χ3v) is 7.15. The Labute approximate surface area is 154 Å². The lowest BCUT2D eigenvalue weighted by Gasteiger charge is -2.41. The van der Waals surface area contributed by atoms with Crippen LogP contribution in [0.4, 0.5) is 13.2 Å². The molecule has 7 nitrogen and oxygen atoms in total. The molecule has 3 heterocycles. The summed E-state index contributed by atoms with van der Waals surface area (Å²) in [7, 11) is -0.965. The Kier molecular flexibility index (Phi) is 3.77. The predicted octanol–water partition coefficient (Wildman–Crippen LogP) is 2.79. The second kappa shape index (κ2) is 5.45. The number of hydrogen-bond acceptors (Lipinski definition) is 6. The Bertz CT molecular complexity index is 874. The number of halogens is 3. The van der Waals surface area contributed by atoms with Crippen molar-refractivity contribution in [1.82, 2.24) is 5.01 Å². The zero-order valence-electron chi connectivity index (χ0n) is 14.4. The van der Waals surface area contributed by atoms with E-state index in [1.54, 1.807) is 0 Å². The highest BCUT2D eigenvalue weighted by Crippen LogP contribution is 2.63. The first-order valence-corrected chi connectivity index (χ1v) is 9.80. The van der Waals surface area contributed by atoms with Gasteiger partial charge in [-0.15, -0.1) is 0 Å². The fraction of sp³-hybridized carbons (Fsp3) is 0.500. The summed E-state index contributed by atoms with van der Waals surface area (Å²) >= 11 is 0. The van der Waals surface area contributed by atoms with E-state index in [1.807, 2.05) is 0 Å². The number of fused-ring (bicyclic) bond motifs is 2. The van der Waals surface area contributed by atoms with Crippen molar-refractivity contribution in [3.8, 4) is 0 Å².